The van der Waals surface area contributed by atoms with Crippen LogP contribution >= 0.6 is 0 Å². The van der Waals surface area contributed by atoms with Gasteiger partial charge in [0.1, 0.15) is 5.54 Å². The van der Waals surface area contributed by atoms with Gasteiger partial charge in [0.05, 0.1) is 17.8 Å². The van der Waals surface area contributed by atoms with E-state index < -0.39 is 0 Å². The first-order valence-electron chi connectivity index (χ1n) is 6.25. The molecule has 0 aliphatic heterocycles. The highest BCUT2D eigenvalue weighted by Crippen LogP contribution is 2.31. The van der Waals surface area contributed by atoms with Gasteiger partial charge in [-0.3, -0.25) is 5.32 Å². The molecule has 1 N–H and O–H groups in total. The fourth-order valence-electron chi connectivity index (χ4n) is 2.46. The van der Waals surface area contributed by atoms with Crippen LogP contribution in [0.25, 0.3) is 0 Å². The number of hydrogen-bond acceptors (Lipinski definition) is 3. The highest BCUT2D eigenvalue weighted by Gasteiger charge is 2.37. The van der Waals surface area contributed by atoms with E-state index in [9.17, 15) is 5.26 Å². The van der Waals surface area contributed by atoms with Crippen LogP contribution in [0.2, 0.25) is 0 Å². The summed E-state index contributed by atoms with van der Waals surface area (Å²) in [6, 6.07) is 2.44. The SMILES string of the molecule is CCNC1(C#N)CCCC(OC(C)(C)C)C1. The van der Waals surface area contributed by atoms with Crippen LogP contribution in [0.5, 0.6) is 0 Å². The van der Waals surface area contributed by atoms with Gasteiger partial charge in [0.15, 0.2) is 0 Å². The van der Waals surface area contributed by atoms with Crippen molar-refractivity contribution in [3.8, 4) is 6.07 Å². The summed E-state index contributed by atoms with van der Waals surface area (Å²) < 4.78 is 5.99. The van der Waals surface area contributed by atoms with E-state index in [0.717, 1.165) is 32.2 Å². The predicted octanol–water partition coefficient (Wildman–Crippen LogP) is 2.62. The van der Waals surface area contributed by atoms with Gasteiger partial charge in [0, 0.05) is 6.42 Å². The summed E-state index contributed by atoms with van der Waals surface area (Å²) in [6.07, 6.45) is 4.12. The third-order valence-electron chi connectivity index (χ3n) is 2.96. The zero-order valence-electron chi connectivity index (χ0n) is 11.0. The molecule has 2 atom stereocenters. The minimum Gasteiger partial charge on any atom is -0.373 e. The summed E-state index contributed by atoms with van der Waals surface area (Å²) in [6.45, 7) is 9.11. The average Bonchev–Trinajstić information content (AvgIpc) is 2.16. The van der Waals surface area contributed by atoms with E-state index in [1.165, 1.54) is 0 Å². The molecule has 0 heterocycles. The zero-order chi connectivity index (χ0) is 12.2. The Morgan fingerprint density at radius 2 is 2.19 bits per heavy atom. The van der Waals surface area contributed by atoms with Crippen LogP contribution in [0.15, 0.2) is 0 Å². The molecule has 1 saturated carbocycles. The van der Waals surface area contributed by atoms with Crippen molar-refractivity contribution in [2.24, 2.45) is 0 Å². The van der Waals surface area contributed by atoms with E-state index in [1.807, 2.05) is 6.92 Å². The van der Waals surface area contributed by atoms with Crippen LogP contribution in [0.3, 0.4) is 0 Å². The Labute approximate surface area is 99.2 Å². The smallest absolute Gasteiger partial charge is 0.109 e. The molecule has 0 spiro atoms. The van der Waals surface area contributed by atoms with Gasteiger partial charge in [-0.1, -0.05) is 6.92 Å². The quantitative estimate of drug-likeness (QED) is 0.801. The number of nitrogens with zero attached hydrogens (tertiary/aromatic N) is 1. The van der Waals surface area contributed by atoms with Gasteiger partial charge in [0.2, 0.25) is 0 Å². The lowest BCUT2D eigenvalue weighted by atomic mass is 9.81. The lowest BCUT2D eigenvalue weighted by molar-refractivity contribution is -0.0827. The number of rotatable bonds is 3. The number of nitriles is 1. The van der Waals surface area contributed by atoms with Gasteiger partial charge in [0.25, 0.3) is 0 Å². The fraction of sp³-hybridized carbons (Fsp3) is 0.923. The van der Waals surface area contributed by atoms with Crippen LogP contribution in [0, 0.1) is 11.3 Å². The van der Waals surface area contributed by atoms with Crippen molar-refractivity contribution in [1.82, 2.24) is 5.32 Å². The van der Waals surface area contributed by atoms with Crippen molar-refractivity contribution >= 4 is 0 Å². The molecule has 92 valence electrons. The molecule has 1 aliphatic carbocycles. The highest BCUT2D eigenvalue weighted by molar-refractivity contribution is 5.10. The summed E-state index contributed by atoms with van der Waals surface area (Å²) in [4.78, 5) is 0. The van der Waals surface area contributed by atoms with E-state index in [1.54, 1.807) is 0 Å². The molecule has 16 heavy (non-hydrogen) atoms. The van der Waals surface area contributed by atoms with E-state index in [2.05, 4.69) is 32.2 Å². The lowest BCUT2D eigenvalue weighted by Crippen LogP contribution is -2.50. The predicted molar refractivity (Wildman–Crippen MR) is 65.1 cm³/mol. The van der Waals surface area contributed by atoms with E-state index in [0.29, 0.717) is 0 Å². The Bertz CT molecular complexity index is 260. The summed E-state index contributed by atoms with van der Waals surface area (Å²) in [5.74, 6) is 0. The lowest BCUT2D eigenvalue weighted by Gasteiger charge is -2.38. The maximum Gasteiger partial charge on any atom is 0.109 e. The Kier molecular flexibility index (Phi) is 4.35. The summed E-state index contributed by atoms with van der Waals surface area (Å²) in [5, 5.41) is 12.6. The molecule has 0 aromatic heterocycles. The summed E-state index contributed by atoms with van der Waals surface area (Å²) in [7, 11) is 0. The Balaban J connectivity index is 2.62. The molecule has 0 aromatic rings. The molecule has 3 nitrogen and oxygen atoms in total. The Hall–Kier alpha value is -0.590. The van der Waals surface area contributed by atoms with Gasteiger partial charge in [-0.2, -0.15) is 5.26 Å². The van der Waals surface area contributed by atoms with Gasteiger partial charge >= 0.3 is 0 Å². The van der Waals surface area contributed by atoms with E-state index in [4.69, 9.17) is 4.74 Å². The van der Waals surface area contributed by atoms with Crippen molar-refractivity contribution in [1.29, 1.82) is 5.26 Å². The van der Waals surface area contributed by atoms with Gasteiger partial charge in [-0.05, 0) is 46.6 Å². The van der Waals surface area contributed by atoms with Crippen LogP contribution in [0.1, 0.15) is 53.4 Å². The molecular weight excluding hydrogens is 200 g/mol. The van der Waals surface area contributed by atoms with Gasteiger partial charge < -0.3 is 4.74 Å². The molecule has 0 aromatic carbocycles. The third-order valence-corrected chi connectivity index (χ3v) is 2.96. The van der Waals surface area contributed by atoms with E-state index in [-0.39, 0.29) is 17.2 Å². The van der Waals surface area contributed by atoms with Crippen LogP contribution in [0.4, 0.5) is 0 Å². The summed E-state index contributed by atoms with van der Waals surface area (Å²) in [5.41, 5.74) is -0.474. The van der Waals surface area contributed by atoms with E-state index >= 15 is 0 Å². The number of hydrogen-bond donors (Lipinski definition) is 1. The highest BCUT2D eigenvalue weighted by atomic mass is 16.5. The monoisotopic (exact) mass is 224 g/mol. The normalized spacial score (nSPS) is 31.1. The molecule has 0 bridgehead atoms. The fourth-order valence-corrected chi connectivity index (χ4v) is 2.46. The van der Waals surface area contributed by atoms with Crippen LogP contribution in [-0.2, 0) is 4.74 Å². The van der Waals surface area contributed by atoms with Crippen LogP contribution in [-0.4, -0.2) is 23.8 Å². The molecule has 3 heteroatoms. The summed E-state index contributed by atoms with van der Waals surface area (Å²) >= 11 is 0. The van der Waals surface area contributed by atoms with Gasteiger partial charge in [-0.25, -0.2) is 0 Å². The minimum absolute atomic E-state index is 0.116. The first-order chi connectivity index (χ1) is 7.41. The number of nitrogens with one attached hydrogen (secondary N) is 1. The zero-order valence-corrected chi connectivity index (χ0v) is 11.0. The largest absolute Gasteiger partial charge is 0.373 e. The Morgan fingerprint density at radius 3 is 2.69 bits per heavy atom. The molecule has 1 aliphatic rings. The number of ether oxygens (including phenoxy) is 1. The molecule has 1 rings (SSSR count). The topological polar surface area (TPSA) is 45.0 Å². The molecule has 0 saturated heterocycles. The maximum absolute atomic E-state index is 9.32. The first kappa shape index (κ1) is 13.5. The molecule has 0 amide bonds. The molecule has 1 fully saturated rings. The second-order valence-electron chi connectivity index (χ2n) is 5.67. The molecule has 2 unspecified atom stereocenters. The maximum atomic E-state index is 9.32. The van der Waals surface area contributed by atoms with Crippen molar-refractivity contribution in [2.45, 2.75) is 70.6 Å². The first-order valence-corrected chi connectivity index (χ1v) is 6.25. The molecular formula is C13H24N2O. The molecule has 0 radical (unpaired) electrons. The van der Waals surface area contributed by atoms with Gasteiger partial charge in [-0.15, -0.1) is 0 Å². The second kappa shape index (κ2) is 5.16. The third kappa shape index (κ3) is 3.77. The van der Waals surface area contributed by atoms with Crippen molar-refractivity contribution in [3.05, 3.63) is 0 Å². The second-order valence-corrected chi connectivity index (χ2v) is 5.67. The van der Waals surface area contributed by atoms with Crippen molar-refractivity contribution in [3.63, 3.8) is 0 Å². The standard InChI is InChI=1S/C13H24N2O/c1-5-15-13(10-14)8-6-7-11(9-13)16-12(2,3)4/h11,15H,5-9H2,1-4H3. The average molecular weight is 224 g/mol. The minimum atomic E-state index is -0.358. The van der Waals surface area contributed by atoms with Crippen LogP contribution < -0.4 is 5.32 Å². The Morgan fingerprint density at radius 1 is 1.50 bits per heavy atom. The van der Waals surface area contributed by atoms with Crippen molar-refractivity contribution in [2.75, 3.05) is 6.54 Å². The van der Waals surface area contributed by atoms with Crippen molar-refractivity contribution < 1.29 is 4.74 Å².